The molecule has 0 saturated heterocycles. The van der Waals surface area contributed by atoms with Crippen molar-refractivity contribution in [2.45, 2.75) is 66.2 Å². The molecule has 0 N–H and O–H groups in total. The Hall–Kier alpha value is 0.0900. The van der Waals surface area contributed by atoms with Crippen LogP contribution in [0.5, 0.6) is 0 Å². The summed E-state index contributed by atoms with van der Waals surface area (Å²) >= 11 is 0. The average Bonchev–Trinajstić information content (AvgIpc) is 2.19. The first kappa shape index (κ1) is 22.1. The molecular formula is C16H35NO3S2. The van der Waals surface area contributed by atoms with E-state index in [0.29, 0.717) is 6.54 Å². The van der Waals surface area contributed by atoms with Gasteiger partial charge in [0, 0.05) is 17.8 Å². The van der Waals surface area contributed by atoms with Gasteiger partial charge in [0.25, 0.3) is 0 Å². The Bertz CT molecular complexity index is 473. The minimum absolute atomic E-state index is 0.0173. The van der Waals surface area contributed by atoms with Gasteiger partial charge in [-0.05, 0) is 39.4 Å². The molecule has 22 heavy (non-hydrogen) atoms. The van der Waals surface area contributed by atoms with Crippen molar-refractivity contribution in [3.63, 3.8) is 0 Å². The Kier molecular flexibility index (Phi) is 7.81. The molecule has 6 heteroatoms. The zero-order chi connectivity index (χ0) is 17.9. The maximum atomic E-state index is 12.1. The first-order valence-corrected chi connectivity index (χ1v) is 11.4. The van der Waals surface area contributed by atoms with E-state index in [9.17, 15) is 8.42 Å². The molecule has 0 aromatic heterocycles. The summed E-state index contributed by atoms with van der Waals surface area (Å²) in [5, 5.41) is 0. The lowest BCUT2D eigenvalue weighted by Crippen LogP contribution is -2.50. The molecule has 1 unspecified atom stereocenters. The normalized spacial score (nSPS) is 18.3. The molecule has 0 heterocycles. The van der Waals surface area contributed by atoms with Crippen molar-refractivity contribution >= 4 is 26.4 Å². The molecule has 0 aliphatic carbocycles. The highest BCUT2D eigenvalue weighted by Crippen LogP contribution is 2.26. The van der Waals surface area contributed by atoms with Crippen LogP contribution in [0.1, 0.15) is 48.5 Å². The van der Waals surface area contributed by atoms with Crippen LogP contribution in [0.25, 0.3) is 0 Å². The van der Waals surface area contributed by atoms with Crippen LogP contribution in [-0.2, 0) is 14.8 Å². The molecule has 0 amide bonds. The van der Waals surface area contributed by atoms with Gasteiger partial charge in [-0.25, -0.2) is 8.42 Å². The standard InChI is InChI=1S/C16H35NO3S2/c1-13(15(2,3)4)20-14(12-21(8)9)11-17(16(5,6)7)22(10,18)19/h13-14H,8,11-12H2,1-7,9-10H3/t13-,14+,21?/m0/s1. The van der Waals surface area contributed by atoms with Gasteiger partial charge in [0.15, 0.2) is 0 Å². The van der Waals surface area contributed by atoms with Crippen LogP contribution >= 0.6 is 10.5 Å². The lowest BCUT2D eigenvalue weighted by atomic mass is 9.90. The minimum atomic E-state index is -3.29. The SMILES string of the molecule is C=S(C)C[C@@H](CN(C(C)(C)C)S(C)(=O)=O)O[C@@H](C)C(C)(C)C. The largest absolute Gasteiger partial charge is 0.373 e. The van der Waals surface area contributed by atoms with Crippen LogP contribution in [0.3, 0.4) is 0 Å². The third kappa shape index (κ3) is 8.09. The van der Waals surface area contributed by atoms with Crippen molar-refractivity contribution in [3.8, 4) is 0 Å². The smallest absolute Gasteiger partial charge is 0.211 e. The molecular weight excluding hydrogens is 318 g/mol. The van der Waals surface area contributed by atoms with Gasteiger partial charge in [0.1, 0.15) is 0 Å². The fourth-order valence-electron chi connectivity index (χ4n) is 2.04. The van der Waals surface area contributed by atoms with E-state index >= 15 is 0 Å². The van der Waals surface area contributed by atoms with Crippen molar-refractivity contribution in [2.75, 3.05) is 24.8 Å². The maximum Gasteiger partial charge on any atom is 0.211 e. The van der Waals surface area contributed by atoms with Crippen molar-refractivity contribution in [3.05, 3.63) is 0 Å². The molecule has 0 fully saturated rings. The molecule has 0 rings (SSSR count). The van der Waals surface area contributed by atoms with Crippen LogP contribution in [0.2, 0.25) is 0 Å². The lowest BCUT2D eigenvalue weighted by molar-refractivity contribution is -0.0549. The second-order valence-electron chi connectivity index (χ2n) is 8.18. The minimum Gasteiger partial charge on any atom is -0.373 e. The van der Waals surface area contributed by atoms with Crippen molar-refractivity contribution in [1.82, 2.24) is 4.31 Å². The molecule has 0 aliphatic rings. The Balaban J connectivity index is 5.31. The first-order chi connectivity index (χ1) is 9.55. The van der Waals surface area contributed by atoms with Gasteiger partial charge in [-0.1, -0.05) is 26.6 Å². The predicted molar refractivity (Wildman–Crippen MR) is 101 cm³/mol. The fraction of sp³-hybridized carbons (Fsp3) is 0.938. The summed E-state index contributed by atoms with van der Waals surface area (Å²) < 4.78 is 32.0. The van der Waals surface area contributed by atoms with Crippen molar-refractivity contribution in [2.24, 2.45) is 5.41 Å². The molecule has 0 aliphatic heterocycles. The molecule has 3 atom stereocenters. The third-order valence-corrected chi connectivity index (χ3v) is 6.04. The number of sulfonamides is 1. The number of rotatable bonds is 7. The lowest BCUT2D eigenvalue weighted by Gasteiger charge is -2.38. The molecule has 0 saturated carbocycles. The Morgan fingerprint density at radius 3 is 1.91 bits per heavy atom. The highest BCUT2D eigenvalue weighted by atomic mass is 32.2. The van der Waals surface area contributed by atoms with Crippen LogP contribution in [-0.4, -0.2) is 61.1 Å². The fourth-order valence-corrected chi connectivity index (χ4v) is 4.29. The summed E-state index contributed by atoms with van der Waals surface area (Å²) in [5.74, 6) is 4.83. The molecule has 0 spiro atoms. The second-order valence-corrected chi connectivity index (χ2v) is 12.0. The van der Waals surface area contributed by atoms with E-state index in [1.165, 1.54) is 10.6 Å². The third-order valence-electron chi connectivity index (χ3n) is 3.60. The van der Waals surface area contributed by atoms with E-state index in [1.807, 2.05) is 27.7 Å². The van der Waals surface area contributed by atoms with Crippen LogP contribution in [0.15, 0.2) is 0 Å². The number of hydrogen-bond acceptors (Lipinski definition) is 3. The Morgan fingerprint density at radius 2 is 1.64 bits per heavy atom. The Labute approximate surface area is 140 Å². The van der Waals surface area contributed by atoms with E-state index < -0.39 is 15.6 Å². The van der Waals surface area contributed by atoms with Gasteiger partial charge in [-0.3, -0.25) is 0 Å². The van der Waals surface area contributed by atoms with E-state index in [0.717, 1.165) is 5.75 Å². The van der Waals surface area contributed by atoms with Crippen LogP contribution in [0, 0.1) is 5.41 Å². The monoisotopic (exact) mass is 353 g/mol. The summed E-state index contributed by atoms with van der Waals surface area (Å²) in [5.41, 5.74) is -0.447. The molecule has 134 valence electrons. The van der Waals surface area contributed by atoms with E-state index in [4.69, 9.17) is 4.74 Å². The summed E-state index contributed by atoms with van der Waals surface area (Å²) in [6.45, 7) is 14.5. The zero-order valence-electron chi connectivity index (χ0n) is 15.8. The quantitative estimate of drug-likeness (QED) is 0.660. The molecule has 4 nitrogen and oxygen atoms in total. The van der Waals surface area contributed by atoms with Gasteiger partial charge >= 0.3 is 0 Å². The summed E-state index contributed by atoms with van der Waals surface area (Å²) in [7, 11) is -3.34. The first-order valence-electron chi connectivity index (χ1n) is 7.60. The Morgan fingerprint density at radius 1 is 1.18 bits per heavy atom. The van der Waals surface area contributed by atoms with Crippen molar-refractivity contribution in [1.29, 1.82) is 0 Å². The van der Waals surface area contributed by atoms with E-state index in [1.54, 1.807) is 0 Å². The topological polar surface area (TPSA) is 46.6 Å². The predicted octanol–water partition coefficient (Wildman–Crippen LogP) is 3.20. The van der Waals surface area contributed by atoms with E-state index in [-0.39, 0.29) is 28.1 Å². The van der Waals surface area contributed by atoms with Gasteiger partial charge < -0.3 is 4.74 Å². The highest BCUT2D eigenvalue weighted by Gasteiger charge is 2.33. The summed E-state index contributed by atoms with van der Waals surface area (Å²) in [6.07, 6.45) is 3.22. The van der Waals surface area contributed by atoms with E-state index in [2.05, 4.69) is 32.9 Å². The molecule has 0 aromatic rings. The number of hydrogen-bond donors (Lipinski definition) is 0. The molecule has 0 aromatic carbocycles. The van der Waals surface area contributed by atoms with Gasteiger partial charge in [-0.2, -0.15) is 14.8 Å². The van der Waals surface area contributed by atoms with Crippen molar-refractivity contribution < 1.29 is 13.2 Å². The van der Waals surface area contributed by atoms with Gasteiger partial charge in [0.05, 0.1) is 18.5 Å². The number of ether oxygens (including phenoxy) is 1. The molecule has 0 bridgehead atoms. The summed E-state index contributed by atoms with van der Waals surface area (Å²) in [4.78, 5) is 0. The highest BCUT2D eigenvalue weighted by molar-refractivity contribution is 8.13. The molecule has 0 radical (unpaired) electrons. The van der Waals surface area contributed by atoms with Gasteiger partial charge in [-0.15, -0.1) is 0 Å². The second kappa shape index (κ2) is 7.77. The summed E-state index contributed by atoms with van der Waals surface area (Å²) in [6, 6.07) is 0. The van der Waals surface area contributed by atoms with Gasteiger partial charge in [0.2, 0.25) is 10.0 Å². The number of nitrogens with zero attached hydrogens (tertiary/aromatic N) is 1. The zero-order valence-corrected chi connectivity index (χ0v) is 17.4. The van der Waals surface area contributed by atoms with Crippen LogP contribution < -0.4 is 0 Å². The van der Waals surface area contributed by atoms with Crippen LogP contribution in [0.4, 0.5) is 0 Å². The average molecular weight is 354 g/mol. The maximum absolute atomic E-state index is 12.1.